The Morgan fingerprint density at radius 3 is 0.821 bits per heavy atom. The lowest BCUT2D eigenvalue weighted by Crippen LogP contribution is -2.41. The van der Waals surface area contributed by atoms with Gasteiger partial charge in [-0.2, -0.15) is 0 Å². The van der Waals surface area contributed by atoms with E-state index in [1.165, 1.54) is 197 Å². The Morgan fingerprint density at radius 2 is 0.538 bits per heavy atom. The topological polar surface area (TPSA) is 0 Å². The minimum absolute atomic E-state index is 1.23. The number of quaternary nitrogens is 1. The van der Waals surface area contributed by atoms with Gasteiger partial charge < -0.3 is 4.48 Å². The van der Waals surface area contributed by atoms with Gasteiger partial charge in [0.15, 0.2) is 0 Å². The summed E-state index contributed by atoms with van der Waals surface area (Å²) in [6.07, 6.45) is 49.0. The van der Waals surface area contributed by atoms with Gasteiger partial charge in [-0.05, 0) is 77.0 Å². The first-order valence-corrected chi connectivity index (χ1v) is 18.2. The lowest BCUT2D eigenvalue weighted by atomic mass is 10.1. The van der Waals surface area contributed by atoms with E-state index in [4.69, 9.17) is 0 Å². The largest absolute Gasteiger partial charge is 0.328 e. The summed E-state index contributed by atoms with van der Waals surface area (Å²) in [7, 11) is 4.91. The molecule has 0 radical (unpaired) electrons. The Balaban J connectivity index is 3.36. The molecule has 0 heterocycles. The molecule has 1 nitrogen and oxygen atoms in total. The molecule has 0 saturated heterocycles. The van der Waals surface area contributed by atoms with Crippen LogP contribution in [0.2, 0.25) is 0 Å². The molecule has 0 N–H and O–H groups in total. The first kappa shape index (κ1) is 38.4. The van der Waals surface area contributed by atoms with Crippen molar-refractivity contribution >= 4 is 0 Å². The van der Waals surface area contributed by atoms with Crippen LogP contribution in [0.15, 0.2) is 24.3 Å². The first-order valence-electron chi connectivity index (χ1n) is 18.2. The van der Waals surface area contributed by atoms with Gasteiger partial charge in [-0.3, -0.25) is 0 Å². The normalized spacial score (nSPS) is 12.4. The van der Waals surface area contributed by atoms with Crippen LogP contribution >= 0.6 is 0 Å². The lowest BCUT2D eigenvalue weighted by Gasteiger charge is -2.30. The highest BCUT2D eigenvalue weighted by Crippen LogP contribution is 2.14. The average Bonchev–Trinajstić information content (AvgIpc) is 2.92. The van der Waals surface area contributed by atoms with E-state index >= 15 is 0 Å². The van der Waals surface area contributed by atoms with Crippen LogP contribution in [-0.4, -0.2) is 31.7 Å². The van der Waals surface area contributed by atoms with Gasteiger partial charge in [-0.1, -0.05) is 141 Å². The summed E-state index contributed by atoms with van der Waals surface area (Å²) in [4.78, 5) is 0. The van der Waals surface area contributed by atoms with Gasteiger partial charge in [0.25, 0.3) is 0 Å². The molecule has 0 aromatic rings. The minimum atomic E-state index is 1.23. The maximum absolute atomic E-state index is 2.45. The van der Waals surface area contributed by atoms with E-state index < -0.39 is 0 Å². The summed E-state index contributed by atoms with van der Waals surface area (Å²) in [6.45, 7) is 7.33. The molecule has 0 aliphatic heterocycles. The van der Waals surface area contributed by atoms with Crippen LogP contribution < -0.4 is 0 Å². The van der Waals surface area contributed by atoms with Crippen molar-refractivity contribution in [2.75, 3.05) is 27.2 Å². The molecule has 232 valence electrons. The molecule has 0 unspecified atom stereocenters. The number of hydrogen-bond acceptors (Lipinski definition) is 0. The van der Waals surface area contributed by atoms with Crippen molar-refractivity contribution in [2.24, 2.45) is 0 Å². The highest BCUT2D eigenvalue weighted by atomic mass is 15.3. The number of nitrogens with zero attached hydrogens (tertiary/aromatic N) is 1. The van der Waals surface area contributed by atoms with E-state index in [0.717, 1.165) is 0 Å². The van der Waals surface area contributed by atoms with E-state index in [2.05, 4.69) is 52.2 Å². The van der Waals surface area contributed by atoms with Crippen molar-refractivity contribution < 1.29 is 4.48 Å². The van der Waals surface area contributed by atoms with Crippen LogP contribution in [0, 0.1) is 0 Å². The van der Waals surface area contributed by atoms with Gasteiger partial charge in [-0.15, -0.1) is 0 Å². The van der Waals surface area contributed by atoms with Crippen LogP contribution in [0.3, 0.4) is 0 Å². The van der Waals surface area contributed by atoms with E-state index in [9.17, 15) is 0 Å². The van der Waals surface area contributed by atoms with Gasteiger partial charge in [0.2, 0.25) is 0 Å². The van der Waals surface area contributed by atoms with Crippen LogP contribution in [0.4, 0.5) is 0 Å². The van der Waals surface area contributed by atoms with E-state index in [1.54, 1.807) is 0 Å². The SMILES string of the molecule is CCCCCCCC/C=C\CCCCCCCC[N+](C)(C)CCCCCCCC/C=C\CCCCCCCC. The van der Waals surface area contributed by atoms with Crippen LogP contribution in [0.25, 0.3) is 0 Å². The van der Waals surface area contributed by atoms with Crippen molar-refractivity contribution in [3.8, 4) is 0 Å². The Kier molecular flexibility index (Phi) is 31.5. The van der Waals surface area contributed by atoms with Crippen molar-refractivity contribution in [3.05, 3.63) is 24.3 Å². The Morgan fingerprint density at radius 1 is 0.308 bits per heavy atom. The molecule has 0 amide bonds. The monoisotopic (exact) mass is 547 g/mol. The van der Waals surface area contributed by atoms with Crippen molar-refractivity contribution in [1.29, 1.82) is 0 Å². The molecule has 0 atom stereocenters. The molecular formula is C38H76N+. The fourth-order valence-electron chi connectivity index (χ4n) is 5.69. The summed E-state index contributed by atoms with van der Waals surface area (Å²) in [5.74, 6) is 0. The molecule has 0 aromatic carbocycles. The zero-order valence-corrected chi connectivity index (χ0v) is 28.0. The third-order valence-corrected chi connectivity index (χ3v) is 8.55. The fourth-order valence-corrected chi connectivity index (χ4v) is 5.69. The third-order valence-electron chi connectivity index (χ3n) is 8.55. The summed E-state index contributed by atoms with van der Waals surface area (Å²) in [5, 5.41) is 0. The summed E-state index contributed by atoms with van der Waals surface area (Å²) < 4.78 is 1.23. The zero-order chi connectivity index (χ0) is 28.5. The predicted molar refractivity (Wildman–Crippen MR) is 181 cm³/mol. The highest BCUT2D eigenvalue weighted by Gasteiger charge is 2.13. The summed E-state index contributed by atoms with van der Waals surface area (Å²) >= 11 is 0. The van der Waals surface area contributed by atoms with Gasteiger partial charge in [0.05, 0.1) is 27.2 Å². The fraction of sp³-hybridized carbons (Fsp3) is 0.895. The van der Waals surface area contributed by atoms with Crippen molar-refractivity contribution in [1.82, 2.24) is 0 Å². The quantitative estimate of drug-likeness (QED) is 0.0447. The van der Waals surface area contributed by atoms with Crippen LogP contribution in [0.1, 0.15) is 194 Å². The van der Waals surface area contributed by atoms with E-state index in [1.807, 2.05) is 0 Å². The highest BCUT2D eigenvalue weighted by molar-refractivity contribution is 4.82. The lowest BCUT2D eigenvalue weighted by molar-refractivity contribution is -0.890. The van der Waals surface area contributed by atoms with E-state index in [-0.39, 0.29) is 0 Å². The second-order valence-corrected chi connectivity index (χ2v) is 13.3. The number of unbranched alkanes of at least 4 members (excludes halogenated alkanes) is 24. The molecule has 0 fully saturated rings. The van der Waals surface area contributed by atoms with Gasteiger partial charge >= 0.3 is 0 Å². The molecular weight excluding hydrogens is 470 g/mol. The molecule has 0 saturated carbocycles. The number of hydrogen-bond donors (Lipinski definition) is 0. The second kappa shape index (κ2) is 32.0. The molecule has 0 rings (SSSR count). The van der Waals surface area contributed by atoms with Gasteiger partial charge in [0, 0.05) is 0 Å². The smallest absolute Gasteiger partial charge is 0.0782 e. The number of allylic oxidation sites excluding steroid dienone is 4. The van der Waals surface area contributed by atoms with Crippen LogP contribution in [-0.2, 0) is 0 Å². The molecule has 0 aromatic heterocycles. The maximum atomic E-state index is 2.45. The molecule has 0 spiro atoms. The Bertz CT molecular complexity index is 459. The van der Waals surface area contributed by atoms with E-state index in [0.29, 0.717) is 0 Å². The zero-order valence-electron chi connectivity index (χ0n) is 28.0. The predicted octanol–water partition coefficient (Wildman–Crippen LogP) is 13.1. The average molecular weight is 547 g/mol. The maximum Gasteiger partial charge on any atom is 0.0782 e. The third kappa shape index (κ3) is 33.5. The van der Waals surface area contributed by atoms with Gasteiger partial charge in [-0.25, -0.2) is 0 Å². The molecule has 0 bridgehead atoms. The first-order chi connectivity index (χ1) is 19.1. The molecule has 39 heavy (non-hydrogen) atoms. The molecule has 0 aliphatic rings. The van der Waals surface area contributed by atoms with Gasteiger partial charge in [0.1, 0.15) is 0 Å². The van der Waals surface area contributed by atoms with Crippen LogP contribution in [0.5, 0.6) is 0 Å². The second-order valence-electron chi connectivity index (χ2n) is 13.3. The molecule has 0 aliphatic carbocycles. The summed E-state index contributed by atoms with van der Waals surface area (Å²) in [6, 6.07) is 0. The summed E-state index contributed by atoms with van der Waals surface area (Å²) in [5.41, 5.74) is 0. The van der Waals surface area contributed by atoms with Crippen molar-refractivity contribution in [3.63, 3.8) is 0 Å². The minimum Gasteiger partial charge on any atom is -0.328 e. The Hall–Kier alpha value is -0.560. The Labute approximate surface area is 249 Å². The van der Waals surface area contributed by atoms with Crippen molar-refractivity contribution in [2.45, 2.75) is 194 Å². The standard InChI is InChI=1S/C38H76N/c1-5-7-9-11-13-15-17-19-21-23-25-27-29-31-33-35-37-39(3,4)38-36-34-32-30-28-26-24-22-20-18-16-14-12-10-8-6-2/h19-22H,5-18,23-38H2,1-4H3/q+1/b21-19-,22-20-. The number of rotatable bonds is 32. The molecule has 1 heteroatoms.